The van der Waals surface area contributed by atoms with Crippen molar-refractivity contribution in [3.8, 4) is 0 Å². The van der Waals surface area contributed by atoms with E-state index in [2.05, 4.69) is 79.4 Å². The van der Waals surface area contributed by atoms with Gasteiger partial charge >= 0.3 is 178 Å². The third-order valence-electron chi connectivity index (χ3n) is 4.33. The van der Waals surface area contributed by atoms with Gasteiger partial charge in [0.05, 0.1) is 0 Å². The normalized spacial score (nSPS) is 16.6. The average Bonchev–Trinajstić information content (AvgIpc) is 3.28. The van der Waals surface area contributed by atoms with Gasteiger partial charge in [-0.3, -0.25) is 0 Å². The summed E-state index contributed by atoms with van der Waals surface area (Å²) in [5.41, 5.74) is 5.99. The molecule has 2 atom stereocenters. The molecule has 2 aliphatic rings. The first-order chi connectivity index (χ1) is 12.8. The summed E-state index contributed by atoms with van der Waals surface area (Å²) in [5.74, 6) is 0. The van der Waals surface area contributed by atoms with Crippen molar-refractivity contribution in [1.82, 2.24) is 6.61 Å². The van der Waals surface area contributed by atoms with Crippen LogP contribution in [0.15, 0.2) is 60.7 Å². The Hall–Kier alpha value is -0.807. The van der Waals surface area contributed by atoms with Gasteiger partial charge in [-0.25, -0.2) is 0 Å². The van der Waals surface area contributed by atoms with Gasteiger partial charge in [-0.15, -0.1) is 0 Å². The van der Waals surface area contributed by atoms with Crippen molar-refractivity contribution in [2.24, 2.45) is 0 Å². The van der Waals surface area contributed by atoms with Gasteiger partial charge in [-0.2, -0.15) is 0 Å². The van der Waals surface area contributed by atoms with Crippen molar-refractivity contribution < 1.29 is 57.6 Å². The molecule has 0 aromatic heterocycles. The Labute approximate surface area is 201 Å². The van der Waals surface area contributed by atoms with Gasteiger partial charge in [0.15, 0.2) is 0 Å². The van der Waals surface area contributed by atoms with Crippen LogP contribution >= 0.6 is 0 Å². The summed E-state index contributed by atoms with van der Waals surface area (Å²) < 4.78 is 6.35. The monoisotopic (exact) mass is 594 g/mol. The second kappa shape index (κ2) is 13.4. The minimum atomic E-state index is -1.35. The predicted molar refractivity (Wildman–Crippen MR) is 102 cm³/mol. The van der Waals surface area contributed by atoms with E-state index >= 15 is 0 Å². The summed E-state index contributed by atoms with van der Waals surface area (Å²) in [6, 6.07) is 17.7. The molecule has 142 valence electrons. The van der Waals surface area contributed by atoms with Crippen molar-refractivity contribution in [2.75, 3.05) is 0 Å². The maximum atomic E-state index is 9.47. The van der Waals surface area contributed by atoms with Gasteiger partial charge in [-0.05, 0) is 0 Å². The smallest absolute Gasteiger partial charge is 1.00 e. The predicted octanol–water partition coefficient (Wildman–Crippen LogP) is -3.64. The fraction of sp³-hybridized carbons (Fsp3) is 0.100. The molecule has 2 aliphatic carbocycles. The van der Waals surface area contributed by atoms with E-state index in [9.17, 15) is 9.59 Å². The van der Waals surface area contributed by atoms with Crippen LogP contribution in [0.3, 0.4) is 0 Å². The molecule has 0 aliphatic heterocycles. The van der Waals surface area contributed by atoms with Crippen LogP contribution in [-0.4, -0.2) is 36.3 Å². The molecule has 0 bridgehead atoms. The molecule has 2 aromatic carbocycles. The zero-order chi connectivity index (χ0) is 18.2. The Morgan fingerprint density at radius 3 is 1.61 bits per heavy atom. The van der Waals surface area contributed by atoms with Crippen LogP contribution in [-0.2, 0) is 32.8 Å². The molecule has 0 saturated heterocycles. The first-order valence-corrected chi connectivity index (χ1v) is 15.4. The third kappa shape index (κ3) is 6.62. The summed E-state index contributed by atoms with van der Waals surface area (Å²) in [7, 11) is 0. The van der Waals surface area contributed by atoms with Crippen molar-refractivity contribution >= 4 is 48.5 Å². The van der Waals surface area contributed by atoms with E-state index in [0.29, 0.717) is 12.8 Å². The molecule has 0 radical (unpaired) electrons. The zero-order valence-corrected chi connectivity index (χ0v) is 23.0. The Morgan fingerprint density at radius 1 is 0.750 bits per heavy atom. The largest absolute Gasteiger partial charge is 1.00 e. The molecular weight excluding hydrogens is 577 g/mol. The van der Waals surface area contributed by atoms with Crippen molar-refractivity contribution in [3.63, 3.8) is 0 Å². The van der Waals surface area contributed by atoms with Gasteiger partial charge in [0, 0.05) is 0 Å². The van der Waals surface area contributed by atoms with Crippen LogP contribution in [0, 0.1) is 0 Å². The number of nitrogens with one attached hydrogen (secondary N) is 2. The summed E-state index contributed by atoms with van der Waals surface area (Å²) >= 11 is -1.89. The molecule has 4 rings (SSSR count). The maximum Gasteiger partial charge on any atom is -1.00 e. The number of allylic oxidation sites excluding steroid dienone is 2. The van der Waals surface area contributed by atoms with E-state index in [0.717, 1.165) is 7.25 Å². The van der Waals surface area contributed by atoms with Gasteiger partial charge in [0.1, 0.15) is 0 Å². The van der Waals surface area contributed by atoms with Crippen LogP contribution in [0.2, 0.25) is 0 Å². The van der Waals surface area contributed by atoms with Crippen LogP contribution in [0.5, 0.6) is 0 Å². The second-order valence-corrected chi connectivity index (χ2v) is 13.1. The fourth-order valence-corrected chi connectivity index (χ4v) is 8.08. The molecule has 0 spiro atoms. The molecule has 0 fully saturated rings. The summed E-state index contributed by atoms with van der Waals surface area (Å²) in [4.78, 5) is 18.9. The van der Waals surface area contributed by atoms with Gasteiger partial charge in [0.2, 0.25) is 0 Å². The fourth-order valence-electron chi connectivity index (χ4n) is 3.13. The van der Waals surface area contributed by atoms with Crippen LogP contribution in [0.25, 0.3) is 12.2 Å². The molecular formula is C20H19Cl2InN2O2Zr. The zero-order valence-electron chi connectivity index (χ0n) is 15.0. The first kappa shape index (κ1) is 25.2. The molecule has 8 heteroatoms. The summed E-state index contributed by atoms with van der Waals surface area (Å²) in [5, 5.41) is 0. The van der Waals surface area contributed by atoms with Crippen molar-refractivity contribution in [1.29, 1.82) is 0 Å². The Kier molecular flexibility index (Phi) is 12.1. The topological polar surface area (TPSA) is 58.2 Å². The molecule has 2 aromatic rings. The molecule has 28 heavy (non-hydrogen) atoms. The van der Waals surface area contributed by atoms with E-state index < -0.39 is 46.7 Å². The Bertz CT molecular complexity index is 781. The number of amides is 2. The van der Waals surface area contributed by atoms with E-state index in [1.54, 1.807) is 11.1 Å². The van der Waals surface area contributed by atoms with E-state index in [1.807, 2.05) is 0 Å². The maximum absolute atomic E-state index is 9.47. The number of hydrogen-bond donors (Lipinski definition) is 2. The number of carbonyl (C=O) groups is 2. The quantitative estimate of drug-likeness (QED) is 0.268. The molecule has 0 heterocycles. The van der Waals surface area contributed by atoms with E-state index in [1.165, 1.54) is 11.1 Å². The number of halogens is 2. The van der Waals surface area contributed by atoms with Gasteiger partial charge in [-0.1, -0.05) is 0 Å². The van der Waals surface area contributed by atoms with Crippen LogP contribution in [0.4, 0.5) is 0 Å². The molecule has 2 unspecified atom stereocenters. The minimum Gasteiger partial charge on any atom is -1.00 e. The van der Waals surface area contributed by atoms with Crippen LogP contribution in [0.1, 0.15) is 29.5 Å². The first-order valence-electron chi connectivity index (χ1n) is 8.48. The third-order valence-corrected chi connectivity index (χ3v) is 10.7. The van der Waals surface area contributed by atoms with E-state index in [-0.39, 0.29) is 24.8 Å². The molecule has 2 N–H and O–H groups in total. The average molecular weight is 596 g/mol. The van der Waals surface area contributed by atoms with Gasteiger partial charge in [0.25, 0.3) is 0 Å². The number of rotatable bonds is 6. The van der Waals surface area contributed by atoms with Crippen molar-refractivity contribution in [2.45, 2.75) is 7.25 Å². The Balaban J connectivity index is 0.000000382. The molecule has 4 nitrogen and oxygen atoms in total. The second-order valence-electron chi connectivity index (χ2n) is 5.92. The van der Waals surface area contributed by atoms with E-state index in [4.69, 9.17) is 0 Å². The number of carbonyl (C=O) groups excluding carboxylic acids is 2. The SMILES string of the molecule is C1=C[CH]([Zr+2][CH]2C=Cc3ccccc32)c2ccccc21.O=C[NH][InH][NH]C=O.[Cl-].[Cl-]. The summed E-state index contributed by atoms with van der Waals surface area (Å²) in [6.45, 7) is 0. The van der Waals surface area contributed by atoms with Gasteiger partial charge < -0.3 is 24.8 Å². The standard InChI is InChI=1S/2C9H7.2CH3NO.2ClH.In.Zr.H/c2*1-2-5-9-7-3-6-8(9)4-1;2*2-1-3;;;;;/h2*1-7H;2*1H,(H2,2,3);2*1H;;;/q;;;;;;2*+2;/p-4. The molecule has 2 amide bonds. The number of hydrogen-bond acceptors (Lipinski definition) is 2. The number of benzene rings is 2. The van der Waals surface area contributed by atoms with Crippen molar-refractivity contribution in [3.05, 3.63) is 82.9 Å². The van der Waals surface area contributed by atoms with Crippen LogP contribution < -0.4 is 31.4 Å². The summed E-state index contributed by atoms with van der Waals surface area (Å²) in [6.07, 6.45) is 10.7. The molecule has 0 saturated carbocycles. The minimum absolute atomic E-state index is 0. The number of fused-ring (bicyclic) bond motifs is 2. The Morgan fingerprint density at radius 2 is 1.18 bits per heavy atom.